The molecule has 1 aliphatic rings. The molecular weight excluding hydrogens is 492 g/mol. The van der Waals surface area contributed by atoms with Crippen LogP contribution in [0.2, 0.25) is 0 Å². The largest absolute Gasteiger partial charge is 0.497 e. The lowest BCUT2D eigenvalue weighted by Gasteiger charge is -2.18. The molecule has 0 aliphatic heterocycles. The summed E-state index contributed by atoms with van der Waals surface area (Å²) >= 11 is 0. The van der Waals surface area contributed by atoms with Gasteiger partial charge in [-0.3, -0.25) is 45.4 Å². The fourth-order valence-corrected chi connectivity index (χ4v) is 3.69. The van der Waals surface area contributed by atoms with Crippen LogP contribution in [0.25, 0.3) is 0 Å². The summed E-state index contributed by atoms with van der Waals surface area (Å²) in [7, 11) is 0. The van der Waals surface area contributed by atoms with Crippen molar-refractivity contribution in [2.24, 2.45) is 0 Å². The van der Waals surface area contributed by atoms with Crippen LogP contribution in [-0.4, -0.2) is 56.3 Å². The molecule has 2 aromatic carbocycles. The Balaban J connectivity index is 0.000000271. The number of hydrogen-bond donors (Lipinski definition) is 3. The number of nitro groups is 3. The molecule has 0 saturated carbocycles. The highest BCUT2D eigenvalue weighted by atomic mass is 16.6. The van der Waals surface area contributed by atoms with E-state index in [0.717, 1.165) is 31.5 Å². The number of benzene rings is 2. The highest BCUT2D eigenvalue weighted by molar-refractivity contribution is 5.95. The van der Waals surface area contributed by atoms with Gasteiger partial charge in [-0.05, 0) is 37.1 Å². The predicted octanol–water partition coefficient (Wildman–Crippen LogP) is 2.96. The number of aryl methyl sites for hydroxylation is 1. The maximum absolute atomic E-state index is 11.9. The van der Waals surface area contributed by atoms with Gasteiger partial charge in [-0.1, -0.05) is 38.1 Å². The van der Waals surface area contributed by atoms with Gasteiger partial charge in [0, 0.05) is 0 Å². The molecule has 15 heteroatoms. The summed E-state index contributed by atoms with van der Waals surface area (Å²) in [4.78, 5) is 53.4. The molecule has 2 aromatic rings. The van der Waals surface area contributed by atoms with Crippen LogP contribution in [0.3, 0.4) is 0 Å². The van der Waals surface area contributed by atoms with Gasteiger partial charge >= 0.3 is 17.4 Å². The van der Waals surface area contributed by atoms with E-state index in [9.17, 15) is 39.9 Å². The number of hydrogen-bond acceptors (Lipinski definition) is 10. The van der Waals surface area contributed by atoms with Crippen molar-refractivity contribution in [2.45, 2.75) is 32.7 Å². The van der Waals surface area contributed by atoms with Gasteiger partial charge in [0.2, 0.25) is 5.91 Å². The molecule has 37 heavy (non-hydrogen) atoms. The van der Waals surface area contributed by atoms with Crippen LogP contribution in [0.1, 0.15) is 37.4 Å². The highest BCUT2D eigenvalue weighted by Gasteiger charge is 2.30. The van der Waals surface area contributed by atoms with Crippen molar-refractivity contribution in [3.05, 3.63) is 77.9 Å². The zero-order chi connectivity index (χ0) is 27.7. The zero-order valence-corrected chi connectivity index (χ0v) is 20.1. The topological polar surface area (TPSA) is 211 Å². The maximum atomic E-state index is 11.9. The van der Waals surface area contributed by atoms with Gasteiger partial charge in [-0.25, -0.2) is 4.79 Å². The van der Waals surface area contributed by atoms with Gasteiger partial charge in [0.05, 0.1) is 39.5 Å². The smallest absolute Gasteiger partial charge is 0.324 e. The molecule has 0 bridgehead atoms. The first-order valence-corrected chi connectivity index (χ1v) is 11.2. The molecule has 3 N–H and O–H groups in total. The quantitative estimate of drug-likeness (QED) is 0.343. The first-order valence-electron chi connectivity index (χ1n) is 11.2. The standard InChI is InChI=1S/C16H23N3O2.C6H3N3O7/c1-3-19(4-2)11-15(20)18-16(21)17-14-10-9-12-7-5-6-8-13(12)14;10-6-4(8(13)14)1-3(7(11)12)2-5(6)9(15)16/h5-8,14H,3-4,9-11H2,1-2H3,(H2,17,18,20,21);1-2,10H. The summed E-state index contributed by atoms with van der Waals surface area (Å²) < 4.78 is 0. The lowest BCUT2D eigenvalue weighted by atomic mass is 10.1. The molecule has 1 unspecified atom stereocenters. The summed E-state index contributed by atoms with van der Waals surface area (Å²) in [6.45, 7) is 5.82. The average molecular weight is 518 g/mol. The first-order chi connectivity index (χ1) is 17.5. The molecule has 0 aromatic heterocycles. The molecule has 1 atom stereocenters. The lowest BCUT2D eigenvalue weighted by molar-refractivity contribution is -0.404. The molecule has 1 aliphatic carbocycles. The van der Waals surface area contributed by atoms with Crippen LogP contribution < -0.4 is 10.6 Å². The van der Waals surface area contributed by atoms with Crippen molar-refractivity contribution in [1.29, 1.82) is 0 Å². The van der Waals surface area contributed by atoms with E-state index in [4.69, 9.17) is 5.11 Å². The molecule has 3 rings (SSSR count). The minimum atomic E-state index is -1.21. The van der Waals surface area contributed by atoms with Crippen LogP contribution in [-0.2, 0) is 11.2 Å². The van der Waals surface area contributed by atoms with Crippen molar-refractivity contribution < 1.29 is 29.5 Å². The third kappa shape index (κ3) is 7.66. The van der Waals surface area contributed by atoms with Gasteiger partial charge < -0.3 is 10.4 Å². The average Bonchev–Trinajstić information content (AvgIpc) is 3.25. The number of fused-ring (bicyclic) bond motifs is 1. The second kappa shape index (κ2) is 12.9. The Morgan fingerprint density at radius 3 is 2.08 bits per heavy atom. The van der Waals surface area contributed by atoms with Gasteiger partial charge in [0.25, 0.3) is 11.4 Å². The number of carbonyl (C=O) groups is 2. The Morgan fingerprint density at radius 1 is 1.00 bits per heavy atom. The summed E-state index contributed by atoms with van der Waals surface area (Å²) in [5.74, 6) is -1.47. The van der Waals surface area contributed by atoms with E-state index in [1.807, 2.05) is 36.9 Å². The molecule has 0 saturated heterocycles. The number of nitrogens with zero attached hydrogens (tertiary/aromatic N) is 4. The minimum absolute atomic E-state index is 0.00227. The summed E-state index contributed by atoms with van der Waals surface area (Å²) in [5.41, 5.74) is -0.570. The number of aromatic hydroxyl groups is 1. The normalized spacial score (nSPS) is 13.6. The Hall–Kier alpha value is -4.66. The monoisotopic (exact) mass is 518 g/mol. The number of likely N-dealkylation sites (N-methyl/N-ethyl adjacent to an activating group) is 1. The number of nitrogens with one attached hydrogen (secondary N) is 2. The van der Waals surface area contributed by atoms with Crippen molar-refractivity contribution in [3.63, 3.8) is 0 Å². The van der Waals surface area contributed by atoms with Gasteiger partial charge in [0.1, 0.15) is 0 Å². The van der Waals surface area contributed by atoms with Crippen LogP contribution in [0.4, 0.5) is 21.9 Å². The van der Waals surface area contributed by atoms with Gasteiger partial charge in [0.15, 0.2) is 0 Å². The molecular formula is C22H26N6O9. The van der Waals surface area contributed by atoms with Gasteiger partial charge in [-0.2, -0.15) is 0 Å². The van der Waals surface area contributed by atoms with Crippen molar-refractivity contribution in [1.82, 2.24) is 15.5 Å². The van der Waals surface area contributed by atoms with Crippen molar-refractivity contribution in [2.75, 3.05) is 19.6 Å². The van der Waals surface area contributed by atoms with E-state index in [1.165, 1.54) is 5.56 Å². The zero-order valence-electron chi connectivity index (χ0n) is 20.1. The Kier molecular flexibility index (Phi) is 9.94. The Labute approximate surface area is 210 Å². The molecule has 0 fully saturated rings. The Morgan fingerprint density at radius 2 is 1.57 bits per heavy atom. The Bertz CT molecular complexity index is 1160. The van der Waals surface area contributed by atoms with E-state index in [1.54, 1.807) is 0 Å². The van der Waals surface area contributed by atoms with E-state index in [2.05, 4.69) is 16.7 Å². The number of phenolic OH excluding ortho intramolecular Hbond substituents is 1. The second-order valence-electron chi connectivity index (χ2n) is 7.88. The fourth-order valence-electron chi connectivity index (χ4n) is 3.69. The molecule has 0 heterocycles. The molecule has 3 amide bonds. The van der Waals surface area contributed by atoms with E-state index >= 15 is 0 Å². The van der Waals surface area contributed by atoms with Gasteiger partial charge in [-0.15, -0.1) is 0 Å². The number of phenols is 1. The molecule has 198 valence electrons. The molecule has 0 spiro atoms. The van der Waals surface area contributed by atoms with Crippen LogP contribution >= 0.6 is 0 Å². The number of rotatable bonds is 8. The summed E-state index contributed by atoms with van der Waals surface area (Å²) in [5, 5.41) is 45.5. The summed E-state index contributed by atoms with van der Waals surface area (Å²) in [6, 6.07) is 8.59. The predicted molar refractivity (Wildman–Crippen MR) is 130 cm³/mol. The fraction of sp³-hybridized carbons (Fsp3) is 0.364. The van der Waals surface area contributed by atoms with E-state index < -0.39 is 43.6 Å². The SMILES string of the molecule is CCN(CC)CC(=O)NC(=O)NC1CCc2ccccc21.O=[N+]([O-])c1cc([N+](=O)[O-])c(O)c([N+](=O)[O-])c1. The van der Waals surface area contributed by atoms with Crippen molar-refractivity contribution >= 4 is 29.0 Å². The summed E-state index contributed by atoms with van der Waals surface area (Å²) in [6.07, 6.45) is 1.85. The third-order valence-electron chi connectivity index (χ3n) is 5.61. The number of amides is 3. The molecule has 15 nitrogen and oxygen atoms in total. The number of urea groups is 1. The van der Waals surface area contributed by atoms with E-state index in [0.29, 0.717) is 12.1 Å². The number of non-ortho nitro benzene ring substituents is 1. The van der Waals surface area contributed by atoms with Crippen LogP contribution in [0, 0.1) is 30.3 Å². The number of nitro benzene ring substituents is 3. The highest BCUT2D eigenvalue weighted by Crippen LogP contribution is 2.39. The third-order valence-corrected chi connectivity index (χ3v) is 5.61. The second-order valence-corrected chi connectivity index (χ2v) is 7.88. The van der Waals surface area contributed by atoms with Crippen molar-refractivity contribution in [3.8, 4) is 5.75 Å². The maximum Gasteiger partial charge on any atom is 0.324 e. The number of carbonyl (C=O) groups excluding carboxylic acids is 2. The lowest BCUT2D eigenvalue weighted by Crippen LogP contribution is -2.45. The number of imide groups is 1. The van der Waals surface area contributed by atoms with E-state index in [-0.39, 0.29) is 18.5 Å². The van der Waals surface area contributed by atoms with Crippen LogP contribution in [0.15, 0.2) is 36.4 Å². The first kappa shape index (κ1) is 28.6. The molecule has 0 radical (unpaired) electrons. The van der Waals surface area contributed by atoms with Crippen LogP contribution in [0.5, 0.6) is 5.75 Å². The minimum Gasteiger partial charge on any atom is -0.497 e.